The molecule has 2 aliphatic rings. The number of fused-ring (bicyclic) bond motifs is 1. The van der Waals surface area contributed by atoms with Crippen LogP contribution in [0.15, 0.2) is 24.3 Å². The standard InChI is InChI=1S/C23H30N4O3/c1-17-5-3-4-6-18(17)15-23(29)27-10-9-21-19(16-27)20(24-25(21)2)7-8-22(28)26-11-13-30-14-12-26/h3-6H,7-16H2,1-2H3. The number of nitrogens with zero attached hydrogens (tertiary/aromatic N) is 4. The van der Waals surface area contributed by atoms with E-state index in [0.29, 0.717) is 58.7 Å². The van der Waals surface area contributed by atoms with Crippen LogP contribution in [0, 0.1) is 6.92 Å². The van der Waals surface area contributed by atoms with Crippen molar-refractivity contribution in [3.8, 4) is 0 Å². The fourth-order valence-electron chi connectivity index (χ4n) is 4.36. The van der Waals surface area contributed by atoms with Crippen molar-refractivity contribution in [1.82, 2.24) is 19.6 Å². The van der Waals surface area contributed by atoms with Gasteiger partial charge in [-0.1, -0.05) is 24.3 Å². The molecule has 2 aromatic rings. The molecule has 0 unspecified atom stereocenters. The Morgan fingerprint density at radius 3 is 2.60 bits per heavy atom. The molecule has 0 atom stereocenters. The summed E-state index contributed by atoms with van der Waals surface area (Å²) >= 11 is 0. The van der Waals surface area contributed by atoms with Gasteiger partial charge in [-0.05, 0) is 18.1 Å². The van der Waals surface area contributed by atoms with Crippen LogP contribution >= 0.6 is 0 Å². The van der Waals surface area contributed by atoms with Gasteiger partial charge in [-0.15, -0.1) is 0 Å². The second-order valence-corrected chi connectivity index (χ2v) is 8.16. The highest BCUT2D eigenvalue weighted by atomic mass is 16.5. The third-order valence-electron chi connectivity index (χ3n) is 6.22. The first-order valence-electron chi connectivity index (χ1n) is 10.7. The van der Waals surface area contributed by atoms with Crippen molar-refractivity contribution in [3.05, 3.63) is 52.3 Å². The molecule has 2 amide bonds. The van der Waals surface area contributed by atoms with Gasteiger partial charge in [0.25, 0.3) is 0 Å². The Bertz CT molecular complexity index is 931. The number of morpholine rings is 1. The first-order valence-corrected chi connectivity index (χ1v) is 10.7. The fourth-order valence-corrected chi connectivity index (χ4v) is 4.36. The summed E-state index contributed by atoms with van der Waals surface area (Å²) in [6, 6.07) is 8.04. The first kappa shape index (κ1) is 20.6. The van der Waals surface area contributed by atoms with E-state index in [1.54, 1.807) is 0 Å². The zero-order valence-corrected chi connectivity index (χ0v) is 17.9. The molecular formula is C23H30N4O3. The van der Waals surface area contributed by atoms with Crippen molar-refractivity contribution < 1.29 is 14.3 Å². The molecule has 3 heterocycles. The lowest BCUT2D eigenvalue weighted by Gasteiger charge is -2.28. The molecular weight excluding hydrogens is 380 g/mol. The Labute approximate surface area is 177 Å². The van der Waals surface area contributed by atoms with E-state index in [-0.39, 0.29) is 11.8 Å². The zero-order valence-electron chi connectivity index (χ0n) is 17.9. The molecule has 30 heavy (non-hydrogen) atoms. The van der Waals surface area contributed by atoms with Gasteiger partial charge in [-0.3, -0.25) is 14.3 Å². The van der Waals surface area contributed by atoms with E-state index >= 15 is 0 Å². The van der Waals surface area contributed by atoms with Crippen LogP contribution in [0.3, 0.4) is 0 Å². The van der Waals surface area contributed by atoms with Crippen LogP contribution in [0.5, 0.6) is 0 Å². The molecule has 0 N–H and O–H groups in total. The largest absolute Gasteiger partial charge is 0.378 e. The smallest absolute Gasteiger partial charge is 0.227 e. The SMILES string of the molecule is Cc1ccccc1CC(=O)N1CCc2c(c(CCC(=O)N3CCOCC3)nn2C)C1. The number of ether oxygens (including phenoxy) is 1. The summed E-state index contributed by atoms with van der Waals surface area (Å²) in [5, 5.41) is 4.68. The molecule has 2 aliphatic heterocycles. The van der Waals surface area contributed by atoms with Crippen LogP contribution in [0.2, 0.25) is 0 Å². The Kier molecular flexibility index (Phi) is 6.18. The van der Waals surface area contributed by atoms with E-state index in [9.17, 15) is 9.59 Å². The maximum atomic E-state index is 12.9. The van der Waals surface area contributed by atoms with Gasteiger partial charge in [-0.25, -0.2) is 0 Å². The van der Waals surface area contributed by atoms with E-state index in [2.05, 4.69) is 5.10 Å². The van der Waals surface area contributed by atoms with Gasteiger partial charge in [-0.2, -0.15) is 5.10 Å². The minimum absolute atomic E-state index is 0.147. The van der Waals surface area contributed by atoms with Crippen molar-refractivity contribution in [2.75, 3.05) is 32.8 Å². The van der Waals surface area contributed by atoms with Crippen LogP contribution in [0.1, 0.15) is 34.5 Å². The quantitative estimate of drug-likeness (QED) is 0.752. The molecule has 1 saturated heterocycles. The topological polar surface area (TPSA) is 67.7 Å². The maximum absolute atomic E-state index is 12.9. The fraction of sp³-hybridized carbons (Fsp3) is 0.522. The van der Waals surface area contributed by atoms with E-state index in [1.165, 1.54) is 5.69 Å². The molecule has 0 aliphatic carbocycles. The molecule has 0 saturated carbocycles. The van der Waals surface area contributed by atoms with Gasteiger partial charge < -0.3 is 14.5 Å². The molecule has 1 aromatic heterocycles. The molecule has 7 nitrogen and oxygen atoms in total. The Morgan fingerprint density at radius 1 is 1.07 bits per heavy atom. The summed E-state index contributed by atoms with van der Waals surface area (Å²) in [5.74, 6) is 0.301. The maximum Gasteiger partial charge on any atom is 0.227 e. The van der Waals surface area contributed by atoms with Gasteiger partial charge in [0.2, 0.25) is 11.8 Å². The van der Waals surface area contributed by atoms with E-state index in [0.717, 1.165) is 28.8 Å². The van der Waals surface area contributed by atoms with Gasteiger partial charge in [0.1, 0.15) is 0 Å². The van der Waals surface area contributed by atoms with Crippen LogP contribution in [0.4, 0.5) is 0 Å². The second kappa shape index (κ2) is 9.00. The highest BCUT2D eigenvalue weighted by molar-refractivity contribution is 5.79. The molecule has 0 radical (unpaired) electrons. The zero-order chi connectivity index (χ0) is 21.1. The molecule has 0 spiro atoms. The number of carbonyl (C=O) groups is 2. The van der Waals surface area contributed by atoms with Gasteiger partial charge in [0.05, 0.1) is 25.3 Å². The third kappa shape index (κ3) is 4.41. The molecule has 160 valence electrons. The molecule has 1 aromatic carbocycles. The summed E-state index contributed by atoms with van der Waals surface area (Å²) in [6.07, 6.45) is 2.28. The number of hydrogen-bond acceptors (Lipinski definition) is 4. The first-order chi connectivity index (χ1) is 14.5. The molecule has 7 heteroatoms. The van der Waals surface area contributed by atoms with Crippen LogP contribution in [-0.2, 0) is 47.2 Å². The van der Waals surface area contributed by atoms with Crippen molar-refractivity contribution >= 4 is 11.8 Å². The molecule has 0 bridgehead atoms. The summed E-state index contributed by atoms with van der Waals surface area (Å²) < 4.78 is 7.25. The average Bonchev–Trinajstić information content (AvgIpc) is 3.09. The lowest BCUT2D eigenvalue weighted by atomic mass is 10.0. The van der Waals surface area contributed by atoms with E-state index in [1.807, 2.05) is 52.7 Å². The predicted octanol–water partition coefficient (Wildman–Crippen LogP) is 1.65. The second-order valence-electron chi connectivity index (χ2n) is 8.16. The molecule has 1 fully saturated rings. The number of rotatable bonds is 5. The van der Waals surface area contributed by atoms with Gasteiger partial charge in [0.15, 0.2) is 0 Å². The Balaban J connectivity index is 1.42. The normalized spacial score (nSPS) is 16.5. The third-order valence-corrected chi connectivity index (χ3v) is 6.22. The number of benzene rings is 1. The van der Waals surface area contributed by atoms with Crippen LogP contribution in [0.25, 0.3) is 0 Å². The lowest BCUT2D eigenvalue weighted by Crippen LogP contribution is -2.40. The number of aromatic nitrogens is 2. The van der Waals surface area contributed by atoms with Crippen LogP contribution in [-0.4, -0.2) is 64.2 Å². The van der Waals surface area contributed by atoms with Gasteiger partial charge in [0, 0.05) is 63.7 Å². The van der Waals surface area contributed by atoms with Crippen molar-refractivity contribution in [1.29, 1.82) is 0 Å². The number of amides is 2. The number of aryl methyl sites for hydroxylation is 3. The van der Waals surface area contributed by atoms with Crippen molar-refractivity contribution in [3.63, 3.8) is 0 Å². The monoisotopic (exact) mass is 410 g/mol. The van der Waals surface area contributed by atoms with E-state index < -0.39 is 0 Å². The Hall–Kier alpha value is -2.67. The average molecular weight is 411 g/mol. The van der Waals surface area contributed by atoms with Crippen molar-refractivity contribution in [2.24, 2.45) is 7.05 Å². The van der Waals surface area contributed by atoms with Crippen molar-refractivity contribution in [2.45, 2.75) is 39.2 Å². The predicted molar refractivity (Wildman–Crippen MR) is 113 cm³/mol. The van der Waals surface area contributed by atoms with E-state index in [4.69, 9.17) is 4.74 Å². The summed E-state index contributed by atoms with van der Waals surface area (Å²) in [5.41, 5.74) is 5.48. The number of carbonyl (C=O) groups excluding carboxylic acids is 2. The summed E-state index contributed by atoms with van der Waals surface area (Å²) in [4.78, 5) is 29.3. The highest BCUT2D eigenvalue weighted by Gasteiger charge is 2.27. The summed E-state index contributed by atoms with van der Waals surface area (Å²) in [7, 11) is 1.96. The van der Waals surface area contributed by atoms with Gasteiger partial charge >= 0.3 is 0 Å². The lowest BCUT2D eigenvalue weighted by molar-refractivity contribution is -0.135. The Morgan fingerprint density at radius 2 is 1.83 bits per heavy atom. The minimum atomic E-state index is 0.147. The van der Waals surface area contributed by atoms with Crippen LogP contribution < -0.4 is 0 Å². The molecule has 4 rings (SSSR count). The summed E-state index contributed by atoms with van der Waals surface area (Å²) in [6.45, 7) is 5.89. The number of hydrogen-bond donors (Lipinski definition) is 0. The highest BCUT2D eigenvalue weighted by Crippen LogP contribution is 2.24. The minimum Gasteiger partial charge on any atom is -0.378 e.